The van der Waals surface area contributed by atoms with E-state index in [1.807, 2.05) is 0 Å². The summed E-state index contributed by atoms with van der Waals surface area (Å²) >= 11 is 17.8. The smallest absolute Gasteiger partial charge is 0.238 e. The Morgan fingerprint density at radius 2 is 2.00 bits per heavy atom. The summed E-state index contributed by atoms with van der Waals surface area (Å²) in [6.07, 6.45) is 0. The highest BCUT2D eigenvalue weighted by Crippen LogP contribution is 2.32. The quantitative estimate of drug-likeness (QED) is 0.800. The third-order valence-electron chi connectivity index (χ3n) is 3.27. The van der Waals surface area contributed by atoms with Gasteiger partial charge in [-0.05, 0) is 19.1 Å². The predicted molar refractivity (Wildman–Crippen MR) is 91.3 cm³/mol. The molecule has 8 heteroatoms. The summed E-state index contributed by atoms with van der Waals surface area (Å²) in [5.74, 6) is -0.112. The van der Waals surface area contributed by atoms with Crippen LogP contribution >= 0.6 is 47.2 Å². The van der Waals surface area contributed by atoms with Crippen LogP contribution in [0.1, 0.15) is 6.92 Å². The zero-order valence-electron chi connectivity index (χ0n) is 11.5. The van der Waals surface area contributed by atoms with Crippen LogP contribution in [0.4, 0.5) is 5.69 Å². The lowest BCUT2D eigenvalue weighted by atomic mass is 10.2. The van der Waals surface area contributed by atoms with Gasteiger partial charge in [-0.25, -0.2) is 0 Å². The lowest BCUT2D eigenvalue weighted by Crippen LogP contribution is -2.51. The Bertz CT molecular complexity index is 512. The molecule has 1 amide bonds. The molecule has 1 aliphatic heterocycles. The first-order valence-corrected chi connectivity index (χ1v) is 7.50. The second kappa shape index (κ2) is 8.42. The molecule has 4 nitrogen and oxygen atoms in total. The van der Waals surface area contributed by atoms with Crippen LogP contribution in [0.15, 0.2) is 12.1 Å². The van der Waals surface area contributed by atoms with Crippen molar-refractivity contribution in [1.29, 1.82) is 0 Å². The minimum Gasteiger partial charge on any atom is -0.324 e. The topological polar surface area (TPSA) is 44.4 Å². The summed E-state index contributed by atoms with van der Waals surface area (Å²) in [6, 6.07) is 3.42. The minimum atomic E-state index is -0.112. The van der Waals surface area contributed by atoms with Crippen LogP contribution in [0.25, 0.3) is 0 Å². The molecule has 0 radical (unpaired) electrons. The van der Waals surface area contributed by atoms with E-state index >= 15 is 0 Å². The predicted octanol–water partition coefficient (Wildman–Crippen LogP) is 3.30. The zero-order chi connectivity index (χ0) is 14.7. The number of hydrogen-bond acceptors (Lipinski definition) is 3. The summed E-state index contributed by atoms with van der Waals surface area (Å²) < 4.78 is 0. The van der Waals surface area contributed by atoms with E-state index in [1.165, 1.54) is 6.07 Å². The van der Waals surface area contributed by atoms with Gasteiger partial charge in [-0.2, -0.15) is 0 Å². The molecule has 1 aromatic rings. The molecule has 1 heterocycles. The van der Waals surface area contributed by atoms with E-state index in [1.54, 1.807) is 6.07 Å². The van der Waals surface area contributed by atoms with Crippen molar-refractivity contribution in [2.75, 3.05) is 31.5 Å². The fourth-order valence-electron chi connectivity index (χ4n) is 2.11. The molecular formula is C13H17Cl4N3O. The van der Waals surface area contributed by atoms with Crippen molar-refractivity contribution < 1.29 is 4.79 Å². The van der Waals surface area contributed by atoms with Crippen LogP contribution in [-0.4, -0.2) is 43.0 Å². The third kappa shape index (κ3) is 5.16. The molecule has 1 aliphatic rings. The molecule has 118 valence electrons. The van der Waals surface area contributed by atoms with Gasteiger partial charge in [0.25, 0.3) is 0 Å². The maximum absolute atomic E-state index is 12.1. The van der Waals surface area contributed by atoms with Crippen LogP contribution < -0.4 is 10.6 Å². The van der Waals surface area contributed by atoms with Crippen LogP contribution in [0, 0.1) is 0 Å². The Kier molecular flexibility index (Phi) is 7.54. The number of benzene rings is 1. The van der Waals surface area contributed by atoms with Crippen LogP contribution in [0.3, 0.4) is 0 Å². The van der Waals surface area contributed by atoms with E-state index in [9.17, 15) is 4.79 Å². The first-order valence-electron chi connectivity index (χ1n) is 6.36. The number of nitrogens with one attached hydrogen (secondary N) is 2. The molecule has 2 N–H and O–H groups in total. The average molecular weight is 373 g/mol. The van der Waals surface area contributed by atoms with E-state index in [-0.39, 0.29) is 18.3 Å². The van der Waals surface area contributed by atoms with Gasteiger partial charge in [0.15, 0.2) is 0 Å². The standard InChI is InChI=1S/C13H16Cl3N3O.ClH/c1-8-6-17-2-3-19(8)7-13(20)18-12-5-10(15)9(14)4-11(12)16;/h4-5,8,17H,2-3,6-7H2,1H3,(H,18,20);1H. The molecule has 1 unspecified atom stereocenters. The highest BCUT2D eigenvalue weighted by Gasteiger charge is 2.20. The molecular weight excluding hydrogens is 356 g/mol. The van der Waals surface area contributed by atoms with E-state index in [2.05, 4.69) is 22.5 Å². The molecule has 0 aromatic heterocycles. The van der Waals surface area contributed by atoms with Gasteiger partial charge in [-0.3, -0.25) is 9.69 Å². The summed E-state index contributed by atoms with van der Waals surface area (Å²) in [4.78, 5) is 14.2. The lowest BCUT2D eigenvalue weighted by Gasteiger charge is -2.33. The van der Waals surface area contributed by atoms with E-state index in [0.29, 0.717) is 33.3 Å². The Morgan fingerprint density at radius 3 is 2.67 bits per heavy atom. The fourth-order valence-corrected chi connectivity index (χ4v) is 2.70. The summed E-state index contributed by atoms with van der Waals surface area (Å²) in [5, 5.41) is 7.16. The fraction of sp³-hybridized carbons (Fsp3) is 0.462. The van der Waals surface area contributed by atoms with Crippen LogP contribution in [-0.2, 0) is 4.79 Å². The van der Waals surface area contributed by atoms with Gasteiger partial charge in [-0.15, -0.1) is 12.4 Å². The SMILES string of the molecule is CC1CNCCN1CC(=O)Nc1cc(Cl)c(Cl)cc1Cl.Cl. The number of anilines is 1. The van der Waals surface area contributed by atoms with Gasteiger partial charge >= 0.3 is 0 Å². The maximum Gasteiger partial charge on any atom is 0.238 e. The normalized spacial score (nSPS) is 19.0. The van der Waals surface area contributed by atoms with Crippen molar-refractivity contribution in [3.63, 3.8) is 0 Å². The van der Waals surface area contributed by atoms with Crippen molar-refractivity contribution in [2.24, 2.45) is 0 Å². The van der Waals surface area contributed by atoms with Crippen molar-refractivity contribution in [2.45, 2.75) is 13.0 Å². The highest BCUT2D eigenvalue weighted by molar-refractivity contribution is 6.44. The molecule has 2 rings (SSSR count). The number of hydrogen-bond donors (Lipinski definition) is 2. The summed E-state index contributed by atoms with van der Waals surface area (Å²) in [7, 11) is 0. The van der Waals surface area contributed by atoms with Crippen molar-refractivity contribution in [3.8, 4) is 0 Å². The Hall–Kier alpha value is -0.230. The van der Waals surface area contributed by atoms with E-state index < -0.39 is 0 Å². The van der Waals surface area contributed by atoms with Gasteiger partial charge in [0.2, 0.25) is 5.91 Å². The van der Waals surface area contributed by atoms with Gasteiger partial charge in [-0.1, -0.05) is 34.8 Å². The first-order chi connectivity index (χ1) is 9.47. The molecule has 1 aromatic carbocycles. The number of piperazine rings is 1. The van der Waals surface area contributed by atoms with Crippen LogP contribution in [0.5, 0.6) is 0 Å². The lowest BCUT2D eigenvalue weighted by molar-refractivity contribution is -0.118. The molecule has 1 atom stereocenters. The largest absolute Gasteiger partial charge is 0.324 e. The third-order valence-corrected chi connectivity index (χ3v) is 4.30. The van der Waals surface area contributed by atoms with Crippen molar-refractivity contribution in [1.82, 2.24) is 10.2 Å². The average Bonchev–Trinajstić information content (AvgIpc) is 2.39. The number of nitrogens with zero attached hydrogens (tertiary/aromatic N) is 1. The van der Waals surface area contributed by atoms with Gasteiger partial charge < -0.3 is 10.6 Å². The number of carbonyl (C=O) groups is 1. The van der Waals surface area contributed by atoms with E-state index in [4.69, 9.17) is 34.8 Å². The van der Waals surface area contributed by atoms with E-state index in [0.717, 1.165) is 19.6 Å². The summed E-state index contributed by atoms with van der Waals surface area (Å²) in [5.41, 5.74) is 0.480. The van der Waals surface area contributed by atoms with Gasteiger partial charge in [0.05, 0.1) is 27.3 Å². The Morgan fingerprint density at radius 1 is 1.33 bits per heavy atom. The monoisotopic (exact) mass is 371 g/mol. The number of rotatable bonds is 3. The summed E-state index contributed by atoms with van der Waals surface area (Å²) in [6.45, 7) is 5.06. The second-order valence-corrected chi connectivity index (χ2v) is 6.04. The molecule has 1 fully saturated rings. The van der Waals surface area contributed by atoms with Gasteiger partial charge in [0.1, 0.15) is 0 Å². The molecule has 0 saturated carbocycles. The zero-order valence-corrected chi connectivity index (χ0v) is 14.5. The molecule has 21 heavy (non-hydrogen) atoms. The molecule has 0 spiro atoms. The Labute approximate surface area is 145 Å². The number of amides is 1. The number of carbonyl (C=O) groups excluding carboxylic acids is 1. The Balaban J connectivity index is 0.00000220. The molecule has 0 bridgehead atoms. The number of halogens is 4. The first kappa shape index (κ1) is 18.8. The van der Waals surface area contributed by atoms with Crippen LogP contribution in [0.2, 0.25) is 15.1 Å². The molecule has 1 saturated heterocycles. The van der Waals surface area contributed by atoms with Gasteiger partial charge in [0, 0.05) is 25.7 Å². The second-order valence-electron chi connectivity index (χ2n) is 4.82. The van der Waals surface area contributed by atoms with Crippen molar-refractivity contribution >= 4 is 58.8 Å². The molecule has 0 aliphatic carbocycles. The maximum atomic E-state index is 12.1. The highest BCUT2D eigenvalue weighted by atomic mass is 35.5. The minimum absolute atomic E-state index is 0. The van der Waals surface area contributed by atoms with Crippen molar-refractivity contribution in [3.05, 3.63) is 27.2 Å².